The van der Waals surface area contributed by atoms with Crippen LogP contribution in [0.5, 0.6) is 0 Å². The fourth-order valence-corrected chi connectivity index (χ4v) is 3.08. The second-order valence-corrected chi connectivity index (χ2v) is 6.81. The van der Waals surface area contributed by atoms with Gasteiger partial charge in [-0.15, -0.1) is 0 Å². The molecule has 0 N–H and O–H groups in total. The lowest BCUT2D eigenvalue weighted by molar-refractivity contribution is -0.127. The molecule has 9 nitrogen and oxygen atoms in total. The minimum Gasteiger partial charge on any atom is -0.464 e. The van der Waals surface area contributed by atoms with E-state index in [-0.39, 0.29) is 18.1 Å². The molecule has 1 aromatic heterocycles. The van der Waals surface area contributed by atoms with E-state index < -0.39 is 21.1 Å². The molecule has 0 radical (unpaired) electrons. The van der Waals surface area contributed by atoms with Crippen molar-refractivity contribution in [1.29, 1.82) is 0 Å². The molecular weight excluding hydrogens is 314 g/mol. The van der Waals surface area contributed by atoms with Crippen LogP contribution in [-0.2, 0) is 19.6 Å². The number of esters is 1. The number of rotatable bonds is 6. The van der Waals surface area contributed by atoms with E-state index >= 15 is 0 Å². The first kappa shape index (κ1) is 16.4. The molecule has 2 rings (SSSR count). The molecule has 1 fully saturated rings. The number of carbonyl (C=O) groups is 2. The van der Waals surface area contributed by atoms with Gasteiger partial charge in [-0.05, 0) is 6.42 Å². The van der Waals surface area contributed by atoms with Gasteiger partial charge in [-0.3, -0.25) is 4.79 Å². The molecule has 0 saturated carbocycles. The van der Waals surface area contributed by atoms with E-state index in [9.17, 15) is 18.0 Å². The molecule has 2 heterocycles. The van der Waals surface area contributed by atoms with Gasteiger partial charge < -0.3 is 14.2 Å². The lowest BCUT2D eigenvalue weighted by Gasteiger charge is -2.20. The number of nitrogens with zero attached hydrogens (tertiary/aromatic N) is 3. The van der Waals surface area contributed by atoms with Crippen LogP contribution in [0.15, 0.2) is 15.7 Å². The van der Waals surface area contributed by atoms with Crippen LogP contribution >= 0.6 is 0 Å². The van der Waals surface area contributed by atoms with Crippen LogP contribution in [0, 0.1) is 0 Å². The molecule has 0 aliphatic carbocycles. The predicted octanol–water partition coefficient (Wildman–Crippen LogP) is -0.296. The summed E-state index contributed by atoms with van der Waals surface area (Å²) in [7, 11) is -1.38. The SMILES string of the molecule is COC(=O)c1cc(S(=O)(=O)N(C)CCN2CCCC2=O)on1. The zero-order valence-electron chi connectivity index (χ0n) is 12.3. The number of methoxy groups -OCH3 is 1. The average molecular weight is 331 g/mol. The fourth-order valence-electron chi connectivity index (χ4n) is 2.06. The van der Waals surface area contributed by atoms with Gasteiger partial charge in [-0.1, -0.05) is 5.16 Å². The van der Waals surface area contributed by atoms with E-state index in [2.05, 4.69) is 9.89 Å². The number of sulfonamides is 1. The van der Waals surface area contributed by atoms with E-state index in [0.717, 1.165) is 23.9 Å². The predicted molar refractivity (Wildman–Crippen MR) is 73.5 cm³/mol. The zero-order chi connectivity index (χ0) is 16.3. The summed E-state index contributed by atoms with van der Waals surface area (Å²) in [6.07, 6.45) is 1.29. The zero-order valence-corrected chi connectivity index (χ0v) is 13.1. The van der Waals surface area contributed by atoms with Crippen LogP contribution in [0.25, 0.3) is 0 Å². The molecule has 1 aromatic rings. The third kappa shape index (κ3) is 3.28. The highest BCUT2D eigenvalue weighted by molar-refractivity contribution is 7.89. The lowest BCUT2D eigenvalue weighted by atomic mass is 10.4. The monoisotopic (exact) mass is 331 g/mol. The quantitative estimate of drug-likeness (QED) is 0.658. The van der Waals surface area contributed by atoms with Gasteiger partial charge >= 0.3 is 5.97 Å². The molecule has 0 bridgehead atoms. The molecule has 1 amide bonds. The van der Waals surface area contributed by atoms with Gasteiger partial charge in [0.25, 0.3) is 15.1 Å². The van der Waals surface area contributed by atoms with Crippen molar-refractivity contribution in [3.8, 4) is 0 Å². The van der Waals surface area contributed by atoms with Gasteiger partial charge in [0, 0.05) is 39.2 Å². The number of likely N-dealkylation sites (tertiary alicyclic amines) is 1. The fraction of sp³-hybridized carbons (Fsp3) is 0.583. The van der Waals surface area contributed by atoms with E-state index in [1.54, 1.807) is 4.90 Å². The first-order valence-corrected chi connectivity index (χ1v) is 8.09. The minimum absolute atomic E-state index is 0.0263. The number of likely N-dealkylation sites (N-methyl/N-ethyl adjacent to an activating group) is 1. The van der Waals surface area contributed by atoms with E-state index in [1.807, 2.05) is 0 Å². The van der Waals surface area contributed by atoms with Gasteiger partial charge in [0.1, 0.15) is 0 Å². The van der Waals surface area contributed by atoms with Crippen LogP contribution < -0.4 is 0 Å². The molecule has 10 heteroatoms. The third-order valence-corrected chi connectivity index (χ3v) is 5.11. The lowest BCUT2D eigenvalue weighted by Crippen LogP contribution is -2.36. The highest BCUT2D eigenvalue weighted by Gasteiger charge is 2.29. The Balaban J connectivity index is 2.03. The normalized spacial score (nSPS) is 15.6. The minimum atomic E-state index is -3.91. The van der Waals surface area contributed by atoms with Crippen molar-refractivity contribution in [2.75, 3.05) is 33.8 Å². The van der Waals surface area contributed by atoms with Crippen LogP contribution in [0.2, 0.25) is 0 Å². The molecule has 0 aromatic carbocycles. The standard InChI is InChI=1S/C12H17N3O6S/c1-14(6-7-15-5-3-4-10(15)16)22(18,19)11-8-9(13-21-11)12(17)20-2/h8H,3-7H2,1-2H3. The summed E-state index contributed by atoms with van der Waals surface area (Å²) in [6.45, 7) is 1.08. The average Bonchev–Trinajstić information content (AvgIpc) is 3.13. The van der Waals surface area contributed by atoms with Gasteiger partial charge in [0.15, 0.2) is 5.69 Å². The maximum absolute atomic E-state index is 12.3. The summed E-state index contributed by atoms with van der Waals surface area (Å²) in [5, 5.41) is 2.92. The van der Waals surface area contributed by atoms with Gasteiger partial charge in [0.05, 0.1) is 7.11 Å². The van der Waals surface area contributed by atoms with Gasteiger partial charge in [0.2, 0.25) is 5.91 Å². The Morgan fingerprint density at radius 2 is 2.27 bits per heavy atom. The van der Waals surface area contributed by atoms with Crippen LogP contribution in [0.4, 0.5) is 0 Å². The number of ether oxygens (including phenoxy) is 1. The highest BCUT2D eigenvalue weighted by atomic mass is 32.2. The number of hydrogen-bond donors (Lipinski definition) is 0. The molecule has 1 saturated heterocycles. The number of aromatic nitrogens is 1. The molecule has 122 valence electrons. The van der Waals surface area contributed by atoms with Crippen LogP contribution in [0.3, 0.4) is 0 Å². The van der Waals surface area contributed by atoms with E-state index in [4.69, 9.17) is 4.52 Å². The highest BCUT2D eigenvalue weighted by Crippen LogP contribution is 2.16. The number of amides is 1. The molecule has 1 aliphatic heterocycles. The van der Waals surface area contributed by atoms with Crippen molar-refractivity contribution in [2.24, 2.45) is 0 Å². The Hall–Kier alpha value is -1.94. The Labute approximate surface area is 127 Å². The Morgan fingerprint density at radius 3 is 2.86 bits per heavy atom. The molecular formula is C12H17N3O6S. The third-order valence-electron chi connectivity index (χ3n) is 3.40. The summed E-state index contributed by atoms with van der Waals surface area (Å²) in [6, 6.07) is 1.01. The van der Waals surface area contributed by atoms with E-state index in [0.29, 0.717) is 19.5 Å². The van der Waals surface area contributed by atoms with Crippen molar-refractivity contribution in [2.45, 2.75) is 17.9 Å². The molecule has 0 atom stereocenters. The Morgan fingerprint density at radius 1 is 1.55 bits per heavy atom. The smallest absolute Gasteiger partial charge is 0.360 e. The second-order valence-electron chi connectivity index (χ2n) is 4.83. The molecule has 0 unspecified atom stereocenters. The first-order chi connectivity index (χ1) is 10.4. The van der Waals surface area contributed by atoms with Crippen LogP contribution in [-0.4, -0.2) is 68.4 Å². The Bertz CT molecular complexity index is 668. The molecule has 0 spiro atoms. The summed E-state index contributed by atoms with van der Waals surface area (Å²) < 4.78 is 34.8. The summed E-state index contributed by atoms with van der Waals surface area (Å²) in [4.78, 5) is 24.4. The number of hydrogen-bond acceptors (Lipinski definition) is 7. The topological polar surface area (TPSA) is 110 Å². The molecule has 1 aliphatic rings. The number of carbonyl (C=O) groups excluding carboxylic acids is 2. The van der Waals surface area contributed by atoms with Crippen molar-refractivity contribution >= 4 is 21.9 Å². The van der Waals surface area contributed by atoms with Crippen molar-refractivity contribution in [3.63, 3.8) is 0 Å². The van der Waals surface area contributed by atoms with Gasteiger partial charge in [-0.2, -0.15) is 4.31 Å². The van der Waals surface area contributed by atoms with Gasteiger partial charge in [-0.25, -0.2) is 13.2 Å². The van der Waals surface area contributed by atoms with Crippen LogP contribution in [0.1, 0.15) is 23.3 Å². The summed E-state index contributed by atoms with van der Waals surface area (Å²) in [5.41, 5.74) is -0.218. The Kier molecular flexibility index (Phi) is 4.81. The summed E-state index contributed by atoms with van der Waals surface area (Å²) >= 11 is 0. The maximum Gasteiger partial charge on any atom is 0.360 e. The largest absolute Gasteiger partial charge is 0.464 e. The van der Waals surface area contributed by atoms with Crippen molar-refractivity contribution in [1.82, 2.24) is 14.4 Å². The van der Waals surface area contributed by atoms with E-state index in [1.165, 1.54) is 7.05 Å². The maximum atomic E-state index is 12.3. The summed E-state index contributed by atoms with van der Waals surface area (Å²) in [5.74, 6) is -0.756. The molecule has 22 heavy (non-hydrogen) atoms. The van der Waals surface area contributed by atoms with Crippen molar-refractivity contribution < 1.29 is 27.3 Å². The van der Waals surface area contributed by atoms with Crippen molar-refractivity contribution in [3.05, 3.63) is 11.8 Å². The first-order valence-electron chi connectivity index (χ1n) is 6.65. The second kappa shape index (κ2) is 6.44.